The van der Waals surface area contributed by atoms with Gasteiger partial charge in [0.15, 0.2) is 0 Å². The van der Waals surface area contributed by atoms with Crippen molar-refractivity contribution in [1.82, 2.24) is 9.71 Å². The Balaban J connectivity index is 1.80. The number of ether oxygens (including phenoxy) is 1. The van der Waals surface area contributed by atoms with Crippen LogP contribution in [-0.4, -0.2) is 26.6 Å². The summed E-state index contributed by atoms with van der Waals surface area (Å²) in [5.74, 6) is 0.196. The Morgan fingerprint density at radius 2 is 1.88 bits per heavy atom. The van der Waals surface area contributed by atoms with Crippen molar-refractivity contribution in [3.63, 3.8) is 0 Å². The van der Waals surface area contributed by atoms with Gasteiger partial charge in [-0.15, -0.1) is 0 Å². The summed E-state index contributed by atoms with van der Waals surface area (Å²) in [5.41, 5.74) is 1.68. The van der Waals surface area contributed by atoms with E-state index in [4.69, 9.17) is 4.74 Å². The molecule has 1 aromatic heterocycles. The highest BCUT2D eigenvalue weighted by atomic mass is 32.2. The molecule has 1 fully saturated rings. The lowest BCUT2D eigenvalue weighted by Gasteiger charge is -2.31. The summed E-state index contributed by atoms with van der Waals surface area (Å²) >= 11 is 0. The minimum absolute atomic E-state index is 0.0200. The van der Waals surface area contributed by atoms with Crippen molar-refractivity contribution in [2.45, 2.75) is 24.6 Å². The SMILES string of the molecule is O=S(=O)(Cc1ccccc1)N[C@H](c1cccnc1)C1CCOCC1. The molecule has 1 aromatic carbocycles. The van der Waals surface area contributed by atoms with Crippen molar-refractivity contribution >= 4 is 10.0 Å². The van der Waals surface area contributed by atoms with E-state index in [0.717, 1.165) is 24.0 Å². The van der Waals surface area contributed by atoms with E-state index in [0.29, 0.717) is 13.2 Å². The Bertz CT molecular complexity index is 729. The molecule has 1 saturated heterocycles. The van der Waals surface area contributed by atoms with E-state index in [1.54, 1.807) is 12.4 Å². The van der Waals surface area contributed by atoms with Crippen LogP contribution in [-0.2, 0) is 20.5 Å². The summed E-state index contributed by atoms with van der Waals surface area (Å²) < 4.78 is 33.7. The second-order valence-electron chi connectivity index (χ2n) is 6.08. The van der Waals surface area contributed by atoms with Crippen LogP contribution in [0.15, 0.2) is 54.9 Å². The van der Waals surface area contributed by atoms with Crippen LogP contribution in [0.2, 0.25) is 0 Å². The fourth-order valence-corrected chi connectivity index (χ4v) is 4.50. The van der Waals surface area contributed by atoms with Crippen molar-refractivity contribution in [3.05, 3.63) is 66.0 Å². The molecule has 0 aliphatic carbocycles. The second kappa shape index (κ2) is 7.88. The average molecular weight is 346 g/mol. The fourth-order valence-electron chi connectivity index (χ4n) is 3.07. The number of nitrogens with zero attached hydrogens (tertiary/aromatic N) is 1. The van der Waals surface area contributed by atoms with Gasteiger partial charge in [-0.05, 0) is 36.0 Å². The van der Waals surface area contributed by atoms with Gasteiger partial charge in [-0.3, -0.25) is 4.98 Å². The normalized spacial score (nSPS) is 17.5. The molecule has 0 amide bonds. The van der Waals surface area contributed by atoms with Gasteiger partial charge in [0.1, 0.15) is 0 Å². The molecule has 128 valence electrons. The Morgan fingerprint density at radius 1 is 1.12 bits per heavy atom. The maximum absolute atomic E-state index is 12.7. The topological polar surface area (TPSA) is 68.3 Å². The molecule has 2 heterocycles. The molecule has 5 nitrogen and oxygen atoms in total. The summed E-state index contributed by atoms with van der Waals surface area (Å²) in [6.45, 7) is 1.34. The third-order valence-corrected chi connectivity index (χ3v) is 5.61. The number of nitrogens with one attached hydrogen (secondary N) is 1. The van der Waals surface area contributed by atoms with Crippen LogP contribution in [0.5, 0.6) is 0 Å². The molecular weight excluding hydrogens is 324 g/mol. The van der Waals surface area contributed by atoms with Gasteiger partial charge >= 0.3 is 0 Å². The maximum Gasteiger partial charge on any atom is 0.216 e. The van der Waals surface area contributed by atoms with E-state index in [-0.39, 0.29) is 17.7 Å². The fraction of sp³-hybridized carbons (Fsp3) is 0.389. The maximum atomic E-state index is 12.7. The molecule has 0 unspecified atom stereocenters. The number of sulfonamides is 1. The van der Waals surface area contributed by atoms with Crippen molar-refractivity contribution in [1.29, 1.82) is 0 Å². The number of hydrogen-bond donors (Lipinski definition) is 1. The van der Waals surface area contributed by atoms with Crippen molar-refractivity contribution in [2.24, 2.45) is 5.92 Å². The Labute approximate surface area is 143 Å². The van der Waals surface area contributed by atoms with E-state index >= 15 is 0 Å². The molecular formula is C18H22N2O3S. The van der Waals surface area contributed by atoms with Crippen LogP contribution in [0.25, 0.3) is 0 Å². The first-order valence-electron chi connectivity index (χ1n) is 8.16. The zero-order chi connectivity index (χ0) is 16.8. The lowest BCUT2D eigenvalue weighted by atomic mass is 9.88. The zero-order valence-electron chi connectivity index (χ0n) is 13.5. The molecule has 1 N–H and O–H groups in total. The molecule has 1 aliphatic rings. The van der Waals surface area contributed by atoms with Crippen LogP contribution in [0.4, 0.5) is 0 Å². The largest absolute Gasteiger partial charge is 0.381 e. The zero-order valence-corrected chi connectivity index (χ0v) is 14.3. The highest BCUT2D eigenvalue weighted by molar-refractivity contribution is 7.88. The Hall–Kier alpha value is -1.76. The summed E-state index contributed by atoms with van der Waals surface area (Å²) in [7, 11) is -3.45. The first-order chi connectivity index (χ1) is 11.6. The van der Waals surface area contributed by atoms with Crippen molar-refractivity contribution < 1.29 is 13.2 Å². The van der Waals surface area contributed by atoms with Crippen LogP contribution < -0.4 is 4.72 Å². The van der Waals surface area contributed by atoms with Crippen LogP contribution in [0.3, 0.4) is 0 Å². The van der Waals surface area contributed by atoms with Crippen LogP contribution in [0, 0.1) is 5.92 Å². The van der Waals surface area contributed by atoms with Gasteiger partial charge in [0, 0.05) is 25.6 Å². The quantitative estimate of drug-likeness (QED) is 0.873. The van der Waals surface area contributed by atoms with Gasteiger partial charge in [0.2, 0.25) is 10.0 Å². The average Bonchev–Trinajstić information content (AvgIpc) is 2.62. The summed E-state index contributed by atoms with van der Waals surface area (Å²) in [6.07, 6.45) is 5.12. The van der Waals surface area contributed by atoms with Gasteiger partial charge in [-0.2, -0.15) is 0 Å². The van der Waals surface area contributed by atoms with Gasteiger partial charge in [0.25, 0.3) is 0 Å². The van der Waals surface area contributed by atoms with Gasteiger partial charge in [-0.1, -0.05) is 36.4 Å². The molecule has 2 aromatic rings. The van der Waals surface area contributed by atoms with Crippen molar-refractivity contribution in [3.8, 4) is 0 Å². The minimum Gasteiger partial charge on any atom is -0.381 e. The number of benzene rings is 1. The molecule has 6 heteroatoms. The molecule has 0 spiro atoms. The Kier molecular flexibility index (Phi) is 5.60. The Morgan fingerprint density at radius 3 is 2.54 bits per heavy atom. The molecule has 0 bridgehead atoms. The van der Waals surface area contributed by atoms with E-state index in [9.17, 15) is 8.42 Å². The number of aromatic nitrogens is 1. The van der Waals surface area contributed by atoms with Gasteiger partial charge in [0.05, 0.1) is 11.8 Å². The van der Waals surface area contributed by atoms with Crippen LogP contribution in [0.1, 0.15) is 30.0 Å². The molecule has 24 heavy (non-hydrogen) atoms. The second-order valence-corrected chi connectivity index (χ2v) is 7.83. The van der Waals surface area contributed by atoms with Crippen molar-refractivity contribution in [2.75, 3.05) is 13.2 Å². The third kappa shape index (κ3) is 4.63. The monoisotopic (exact) mass is 346 g/mol. The minimum atomic E-state index is -3.45. The standard InChI is InChI=1S/C18H22N2O3S/c21-24(22,14-15-5-2-1-3-6-15)20-18(16-8-11-23-12-9-16)17-7-4-10-19-13-17/h1-7,10,13,16,18,20H,8-9,11-12,14H2/t18-/m0/s1. The van der Waals surface area contributed by atoms with E-state index < -0.39 is 10.0 Å². The molecule has 0 saturated carbocycles. The highest BCUT2D eigenvalue weighted by Crippen LogP contribution is 2.30. The summed E-state index contributed by atoms with van der Waals surface area (Å²) in [6, 6.07) is 12.7. The predicted molar refractivity (Wildman–Crippen MR) is 92.7 cm³/mol. The number of rotatable bonds is 6. The smallest absolute Gasteiger partial charge is 0.216 e. The van der Waals surface area contributed by atoms with Gasteiger partial charge in [-0.25, -0.2) is 13.1 Å². The molecule has 1 atom stereocenters. The third-order valence-electron chi connectivity index (χ3n) is 4.29. The van der Waals surface area contributed by atoms with E-state index in [1.807, 2.05) is 42.5 Å². The first-order valence-corrected chi connectivity index (χ1v) is 9.81. The van der Waals surface area contributed by atoms with E-state index in [2.05, 4.69) is 9.71 Å². The van der Waals surface area contributed by atoms with E-state index in [1.165, 1.54) is 0 Å². The molecule has 3 rings (SSSR count). The highest BCUT2D eigenvalue weighted by Gasteiger charge is 2.29. The molecule has 0 radical (unpaired) electrons. The lowest BCUT2D eigenvalue weighted by molar-refractivity contribution is 0.0564. The lowest BCUT2D eigenvalue weighted by Crippen LogP contribution is -2.36. The van der Waals surface area contributed by atoms with Crippen LogP contribution >= 0.6 is 0 Å². The molecule has 1 aliphatic heterocycles. The predicted octanol–water partition coefficient (Wildman–Crippen LogP) is 2.67. The number of pyridine rings is 1. The van der Waals surface area contributed by atoms with Gasteiger partial charge < -0.3 is 4.74 Å². The summed E-state index contributed by atoms with van der Waals surface area (Å²) in [5, 5.41) is 0. The first kappa shape index (κ1) is 17.1. The number of hydrogen-bond acceptors (Lipinski definition) is 4. The summed E-state index contributed by atoms with van der Waals surface area (Å²) in [4.78, 5) is 4.15.